The summed E-state index contributed by atoms with van der Waals surface area (Å²) in [5.74, 6) is 0.234. The molecule has 0 aromatic rings. The molecule has 0 saturated carbocycles. The first-order valence-corrected chi connectivity index (χ1v) is 7.88. The van der Waals surface area contributed by atoms with Crippen molar-refractivity contribution in [3.05, 3.63) is 0 Å². The fraction of sp³-hybridized carbons (Fsp3) is 0.929. The van der Waals surface area contributed by atoms with Crippen molar-refractivity contribution in [2.45, 2.75) is 65.0 Å². The van der Waals surface area contributed by atoms with Gasteiger partial charge in [0.15, 0.2) is 5.78 Å². The molecule has 0 aliphatic carbocycles. The average molecular weight is 370 g/mol. The number of halogens is 2. The molecule has 0 aromatic carbocycles. The van der Waals surface area contributed by atoms with Crippen molar-refractivity contribution < 1.29 is 4.79 Å². The second kappa shape index (κ2) is 5.32. The molecule has 17 heavy (non-hydrogen) atoms. The van der Waals surface area contributed by atoms with Gasteiger partial charge in [-0.2, -0.15) is 0 Å². The van der Waals surface area contributed by atoms with E-state index in [4.69, 9.17) is 0 Å². The minimum atomic E-state index is -0.140. The van der Waals surface area contributed by atoms with Gasteiger partial charge in [0.05, 0.1) is 9.65 Å². The van der Waals surface area contributed by atoms with E-state index in [9.17, 15) is 4.79 Å². The number of hydrogen-bond acceptors (Lipinski definition) is 1. The van der Waals surface area contributed by atoms with Gasteiger partial charge < -0.3 is 0 Å². The van der Waals surface area contributed by atoms with Gasteiger partial charge in [0.2, 0.25) is 0 Å². The Bertz CT molecular complexity index is 282. The van der Waals surface area contributed by atoms with E-state index in [1.54, 1.807) is 0 Å². The summed E-state index contributed by atoms with van der Waals surface area (Å²) in [6, 6.07) is 0. The largest absolute Gasteiger partial charge is 0.297 e. The molecule has 3 heteroatoms. The molecular formula is C14H26Br2O. The number of carbonyl (C=O) groups excluding carboxylic acids is 1. The van der Waals surface area contributed by atoms with Crippen LogP contribution in [0.2, 0.25) is 0 Å². The summed E-state index contributed by atoms with van der Waals surface area (Å²) in [6.45, 7) is 17.0. The summed E-state index contributed by atoms with van der Waals surface area (Å²) in [5.41, 5.74) is -0.0835. The van der Waals surface area contributed by atoms with E-state index in [-0.39, 0.29) is 31.7 Å². The highest BCUT2D eigenvalue weighted by Gasteiger charge is 2.45. The number of carbonyl (C=O) groups is 1. The third-order valence-electron chi connectivity index (χ3n) is 3.83. The molecule has 102 valence electrons. The molecular weight excluding hydrogens is 344 g/mol. The van der Waals surface area contributed by atoms with Gasteiger partial charge in [-0.15, -0.1) is 0 Å². The zero-order valence-electron chi connectivity index (χ0n) is 12.3. The summed E-state index contributed by atoms with van der Waals surface area (Å²) in [4.78, 5) is 12.2. The van der Waals surface area contributed by atoms with Crippen LogP contribution in [0.3, 0.4) is 0 Å². The molecule has 0 fully saturated rings. The van der Waals surface area contributed by atoms with E-state index in [1.807, 2.05) is 0 Å². The Morgan fingerprint density at radius 2 is 1.18 bits per heavy atom. The third kappa shape index (κ3) is 4.05. The lowest BCUT2D eigenvalue weighted by atomic mass is 9.66. The maximum absolute atomic E-state index is 12.5. The van der Waals surface area contributed by atoms with E-state index in [0.717, 1.165) is 0 Å². The Hall–Kier alpha value is 0.630. The lowest BCUT2D eigenvalue weighted by Gasteiger charge is -2.43. The molecule has 1 nitrogen and oxygen atoms in total. The van der Waals surface area contributed by atoms with Crippen LogP contribution in [0.1, 0.15) is 55.4 Å². The van der Waals surface area contributed by atoms with Crippen molar-refractivity contribution in [1.82, 2.24) is 0 Å². The highest BCUT2D eigenvalue weighted by atomic mass is 79.9. The molecule has 0 spiro atoms. The smallest absolute Gasteiger partial charge is 0.161 e. The van der Waals surface area contributed by atoms with Crippen LogP contribution in [0.15, 0.2) is 0 Å². The molecule has 0 aliphatic heterocycles. The molecule has 0 heterocycles. The molecule has 2 atom stereocenters. The third-order valence-corrected chi connectivity index (χ3v) is 7.25. The van der Waals surface area contributed by atoms with Gasteiger partial charge in [0, 0.05) is 0 Å². The van der Waals surface area contributed by atoms with E-state index in [2.05, 4.69) is 87.2 Å². The first-order valence-electron chi connectivity index (χ1n) is 6.05. The van der Waals surface area contributed by atoms with E-state index < -0.39 is 0 Å². The monoisotopic (exact) mass is 368 g/mol. The Balaban J connectivity index is 5.09. The second-order valence-corrected chi connectivity index (χ2v) is 9.30. The van der Waals surface area contributed by atoms with Crippen molar-refractivity contribution in [1.29, 1.82) is 0 Å². The number of alkyl halides is 2. The summed E-state index contributed by atoms with van der Waals surface area (Å²) < 4.78 is 0. The van der Waals surface area contributed by atoms with Crippen LogP contribution in [0, 0.1) is 16.2 Å². The van der Waals surface area contributed by atoms with E-state index >= 15 is 0 Å². The lowest BCUT2D eigenvalue weighted by molar-refractivity contribution is -0.122. The lowest BCUT2D eigenvalue weighted by Crippen LogP contribution is -2.46. The predicted molar refractivity (Wildman–Crippen MR) is 83.1 cm³/mol. The molecule has 0 bridgehead atoms. The maximum atomic E-state index is 12.5. The fourth-order valence-corrected chi connectivity index (χ4v) is 2.86. The fourth-order valence-electron chi connectivity index (χ4n) is 1.29. The van der Waals surface area contributed by atoms with Crippen LogP contribution in [0.25, 0.3) is 0 Å². The van der Waals surface area contributed by atoms with Crippen LogP contribution in [0.4, 0.5) is 0 Å². The van der Waals surface area contributed by atoms with Crippen molar-refractivity contribution in [3.63, 3.8) is 0 Å². The first-order chi connectivity index (χ1) is 7.23. The zero-order valence-corrected chi connectivity index (χ0v) is 15.5. The zero-order chi connectivity index (χ0) is 14.2. The number of Topliss-reactive ketones (excluding diaryl/α,β-unsaturated/α-hetero) is 1. The van der Waals surface area contributed by atoms with Crippen molar-refractivity contribution in [2.75, 3.05) is 0 Å². The van der Waals surface area contributed by atoms with E-state index in [0.29, 0.717) is 0 Å². The number of ketones is 1. The summed E-state index contributed by atoms with van der Waals surface area (Å²) >= 11 is 7.16. The first kappa shape index (κ1) is 17.6. The normalized spacial score (nSPS) is 17.8. The Morgan fingerprint density at radius 1 is 0.824 bits per heavy atom. The average Bonchev–Trinajstić information content (AvgIpc) is 2.10. The molecule has 0 radical (unpaired) electrons. The Morgan fingerprint density at radius 3 is 1.41 bits per heavy atom. The molecule has 0 aromatic heterocycles. The van der Waals surface area contributed by atoms with Crippen molar-refractivity contribution in [3.8, 4) is 0 Å². The molecule has 0 unspecified atom stereocenters. The van der Waals surface area contributed by atoms with Gasteiger partial charge in [-0.25, -0.2) is 0 Å². The highest BCUT2D eigenvalue weighted by Crippen LogP contribution is 2.46. The van der Waals surface area contributed by atoms with Crippen LogP contribution in [-0.2, 0) is 4.79 Å². The minimum absolute atomic E-state index is 0.0585. The summed E-state index contributed by atoms with van der Waals surface area (Å²) in [5, 5.41) is 0. The van der Waals surface area contributed by atoms with Gasteiger partial charge >= 0.3 is 0 Å². The Kier molecular flexibility index (Phi) is 5.52. The van der Waals surface area contributed by atoms with E-state index in [1.165, 1.54) is 0 Å². The number of hydrogen-bond donors (Lipinski definition) is 0. The molecule has 0 rings (SSSR count). The molecule has 0 amide bonds. The van der Waals surface area contributed by atoms with Gasteiger partial charge in [0.25, 0.3) is 0 Å². The topological polar surface area (TPSA) is 17.1 Å². The van der Waals surface area contributed by atoms with Gasteiger partial charge in [-0.1, -0.05) is 87.2 Å². The van der Waals surface area contributed by atoms with Crippen molar-refractivity contribution in [2.24, 2.45) is 16.2 Å². The van der Waals surface area contributed by atoms with Crippen molar-refractivity contribution >= 4 is 37.6 Å². The highest BCUT2D eigenvalue weighted by molar-refractivity contribution is 9.10. The van der Waals surface area contributed by atoms with Crippen LogP contribution in [-0.4, -0.2) is 15.4 Å². The van der Waals surface area contributed by atoms with Gasteiger partial charge in [-0.3, -0.25) is 4.79 Å². The predicted octanol–water partition coefficient (Wildman–Crippen LogP) is 5.20. The van der Waals surface area contributed by atoms with Crippen LogP contribution >= 0.6 is 31.9 Å². The van der Waals surface area contributed by atoms with Crippen LogP contribution < -0.4 is 0 Å². The standard InChI is InChI=1S/C14H26Br2O/c1-12(2,3)10(15)9(17)11(16)14(7,8)13(4,5)6/h10-11H,1-8H3/t10-,11+/m1/s1. The maximum Gasteiger partial charge on any atom is 0.161 e. The quantitative estimate of drug-likeness (QED) is 0.624. The molecule has 0 saturated heterocycles. The van der Waals surface area contributed by atoms with Gasteiger partial charge in [0.1, 0.15) is 0 Å². The summed E-state index contributed by atoms with van der Waals surface area (Å²) in [7, 11) is 0. The SMILES string of the molecule is CC(C)(C)[C@H](Br)C(=O)[C@H](Br)C(C)(C)C(C)(C)C. The van der Waals surface area contributed by atoms with Gasteiger partial charge in [-0.05, 0) is 16.2 Å². The molecule has 0 N–H and O–H groups in total. The Labute approximate surface area is 123 Å². The summed E-state index contributed by atoms with van der Waals surface area (Å²) in [6.07, 6.45) is 0. The number of rotatable bonds is 3. The second-order valence-electron chi connectivity index (χ2n) is 7.47. The molecule has 0 aliphatic rings. The van der Waals surface area contributed by atoms with Crippen LogP contribution in [0.5, 0.6) is 0 Å². The minimum Gasteiger partial charge on any atom is -0.297 e.